The Kier molecular flexibility index (Phi) is 5.51. The van der Waals surface area contributed by atoms with Crippen molar-refractivity contribution in [1.29, 1.82) is 0 Å². The van der Waals surface area contributed by atoms with Crippen LogP contribution in [0.25, 0.3) is 0 Å². The Labute approximate surface area is 152 Å². The van der Waals surface area contributed by atoms with E-state index in [9.17, 15) is 14.0 Å². The summed E-state index contributed by atoms with van der Waals surface area (Å²) in [6, 6.07) is 13.3. The van der Waals surface area contributed by atoms with E-state index < -0.39 is 5.82 Å². The number of carbonyl (C=O) groups is 2. The van der Waals surface area contributed by atoms with Gasteiger partial charge in [-0.2, -0.15) is 0 Å². The Morgan fingerprint density at radius 2 is 1.65 bits per heavy atom. The van der Waals surface area contributed by atoms with Gasteiger partial charge in [0.25, 0.3) is 5.91 Å². The number of benzene rings is 2. The Bertz CT molecular complexity index is 784. The van der Waals surface area contributed by atoms with E-state index >= 15 is 0 Å². The van der Waals surface area contributed by atoms with Gasteiger partial charge in [-0.1, -0.05) is 12.1 Å². The van der Waals surface area contributed by atoms with E-state index in [0.717, 1.165) is 5.69 Å². The molecule has 1 amide bonds. The van der Waals surface area contributed by atoms with Gasteiger partial charge in [0, 0.05) is 31.9 Å². The standard InChI is InChI=1S/C20H21FN2O3/c1-2-26-20(25)15-7-9-16(10-8-15)22-11-13-23(14-12-22)19(24)17-5-3-4-6-18(17)21/h3-10H,2,11-14H2,1H3. The molecule has 1 aliphatic heterocycles. The van der Waals surface area contributed by atoms with Crippen molar-refractivity contribution in [2.45, 2.75) is 6.92 Å². The maximum absolute atomic E-state index is 13.8. The molecule has 0 unspecified atom stereocenters. The maximum atomic E-state index is 13.8. The molecular weight excluding hydrogens is 335 g/mol. The highest BCUT2D eigenvalue weighted by Gasteiger charge is 2.24. The molecule has 5 nitrogen and oxygen atoms in total. The second-order valence-electron chi connectivity index (χ2n) is 6.03. The second kappa shape index (κ2) is 7.99. The SMILES string of the molecule is CCOC(=O)c1ccc(N2CCN(C(=O)c3ccccc3F)CC2)cc1. The first-order valence-electron chi connectivity index (χ1n) is 8.66. The molecule has 26 heavy (non-hydrogen) atoms. The number of nitrogens with zero attached hydrogens (tertiary/aromatic N) is 2. The smallest absolute Gasteiger partial charge is 0.338 e. The Hall–Kier alpha value is -2.89. The number of hydrogen-bond acceptors (Lipinski definition) is 4. The number of piperazine rings is 1. The van der Waals surface area contributed by atoms with Crippen LogP contribution in [0.2, 0.25) is 0 Å². The molecule has 1 saturated heterocycles. The van der Waals surface area contributed by atoms with Crippen molar-refractivity contribution in [2.24, 2.45) is 0 Å². The van der Waals surface area contributed by atoms with Crippen LogP contribution in [0.5, 0.6) is 0 Å². The molecule has 0 aromatic heterocycles. The minimum atomic E-state index is -0.491. The lowest BCUT2D eigenvalue weighted by Gasteiger charge is -2.36. The van der Waals surface area contributed by atoms with Crippen molar-refractivity contribution in [2.75, 3.05) is 37.7 Å². The van der Waals surface area contributed by atoms with Gasteiger partial charge in [-0.3, -0.25) is 4.79 Å². The second-order valence-corrected chi connectivity index (χ2v) is 6.03. The molecule has 1 aliphatic rings. The van der Waals surface area contributed by atoms with Crippen LogP contribution in [0.1, 0.15) is 27.6 Å². The van der Waals surface area contributed by atoms with Crippen LogP contribution in [0, 0.1) is 5.82 Å². The van der Waals surface area contributed by atoms with Gasteiger partial charge >= 0.3 is 5.97 Å². The number of ether oxygens (including phenoxy) is 1. The van der Waals surface area contributed by atoms with Crippen molar-refractivity contribution in [3.63, 3.8) is 0 Å². The van der Waals surface area contributed by atoms with Gasteiger partial charge in [0.1, 0.15) is 5.82 Å². The van der Waals surface area contributed by atoms with Gasteiger partial charge in [0.2, 0.25) is 0 Å². The van der Waals surface area contributed by atoms with Crippen molar-refractivity contribution >= 4 is 17.6 Å². The molecule has 0 spiro atoms. The molecule has 3 rings (SSSR count). The molecule has 0 aliphatic carbocycles. The highest BCUT2D eigenvalue weighted by Crippen LogP contribution is 2.19. The number of amides is 1. The molecule has 1 heterocycles. The zero-order valence-corrected chi connectivity index (χ0v) is 14.7. The molecule has 0 saturated carbocycles. The highest BCUT2D eigenvalue weighted by atomic mass is 19.1. The molecule has 0 bridgehead atoms. The first-order valence-corrected chi connectivity index (χ1v) is 8.66. The van der Waals surface area contributed by atoms with E-state index in [1.165, 1.54) is 12.1 Å². The monoisotopic (exact) mass is 356 g/mol. The van der Waals surface area contributed by atoms with Gasteiger partial charge in [0.15, 0.2) is 0 Å². The lowest BCUT2D eigenvalue weighted by atomic mass is 10.1. The van der Waals surface area contributed by atoms with Crippen LogP contribution >= 0.6 is 0 Å². The molecule has 0 atom stereocenters. The van der Waals surface area contributed by atoms with Crippen molar-refractivity contribution in [3.05, 3.63) is 65.5 Å². The van der Waals surface area contributed by atoms with Crippen LogP contribution < -0.4 is 4.90 Å². The minimum Gasteiger partial charge on any atom is -0.462 e. The van der Waals surface area contributed by atoms with Gasteiger partial charge in [0.05, 0.1) is 17.7 Å². The predicted octanol–water partition coefficient (Wildman–Crippen LogP) is 2.96. The molecule has 1 fully saturated rings. The number of hydrogen-bond donors (Lipinski definition) is 0. The summed E-state index contributed by atoms with van der Waals surface area (Å²) in [5.74, 6) is -1.10. The molecule has 0 N–H and O–H groups in total. The summed E-state index contributed by atoms with van der Waals surface area (Å²) >= 11 is 0. The maximum Gasteiger partial charge on any atom is 0.338 e. The zero-order valence-electron chi connectivity index (χ0n) is 14.7. The number of carbonyl (C=O) groups excluding carboxylic acids is 2. The highest BCUT2D eigenvalue weighted by molar-refractivity contribution is 5.94. The van der Waals surface area contributed by atoms with Gasteiger partial charge in [-0.15, -0.1) is 0 Å². The number of rotatable bonds is 4. The molecular formula is C20H21FN2O3. The predicted molar refractivity (Wildman–Crippen MR) is 96.9 cm³/mol. The number of esters is 1. The summed E-state index contributed by atoms with van der Waals surface area (Å²) in [7, 11) is 0. The summed E-state index contributed by atoms with van der Waals surface area (Å²) in [5.41, 5.74) is 1.61. The van der Waals surface area contributed by atoms with Crippen molar-refractivity contribution in [1.82, 2.24) is 4.90 Å². The third-order valence-electron chi connectivity index (χ3n) is 4.41. The summed E-state index contributed by atoms with van der Waals surface area (Å²) < 4.78 is 18.8. The number of anilines is 1. The lowest BCUT2D eigenvalue weighted by Crippen LogP contribution is -2.49. The fourth-order valence-corrected chi connectivity index (χ4v) is 3.00. The summed E-state index contributed by atoms with van der Waals surface area (Å²) in [6.07, 6.45) is 0. The Morgan fingerprint density at radius 3 is 2.27 bits per heavy atom. The fraction of sp³-hybridized carbons (Fsp3) is 0.300. The van der Waals surface area contributed by atoms with E-state index in [4.69, 9.17) is 4.74 Å². The molecule has 2 aromatic rings. The topological polar surface area (TPSA) is 49.9 Å². The van der Waals surface area contributed by atoms with Crippen LogP contribution in [0.4, 0.5) is 10.1 Å². The van der Waals surface area contributed by atoms with Crippen LogP contribution in [0.3, 0.4) is 0 Å². The summed E-state index contributed by atoms with van der Waals surface area (Å²) in [4.78, 5) is 28.0. The molecule has 6 heteroatoms. The zero-order chi connectivity index (χ0) is 18.5. The Morgan fingerprint density at radius 1 is 1.00 bits per heavy atom. The third kappa shape index (κ3) is 3.85. The van der Waals surface area contributed by atoms with Gasteiger partial charge in [-0.05, 0) is 43.3 Å². The fourth-order valence-electron chi connectivity index (χ4n) is 3.00. The van der Waals surface area contributed by atoms with Crippen LogP contribution in [-0.2, 0) is 4.74 Å². The summed E-state index contributed by atoms with van der Waals surface area (Å²) in [5, 5.41) is 0. The largest absolute Gasteiger partial charge is 0.462 e. The number of halogens is 1. The molecule has 136 valence electrons. The van der Waals surface area contributed by atoms with Crippen molar-refractivity contribution < 1.29 is 18.7 Å². The average molecular weight is 356 g/mol. The quantitative estimate of drug-likeness (QED) is 0.791. The van der Waals surface area contributed by atoms with E-state index in [2.05, 4.69) is 4.90 Å². The van der Waals surface area contributed by atoms with Crippen LogP contribution in [-0.4, -0.2) is 49.6 Å². The van der Waals surface area contributed by atoms with Crippen LogP contribution in [0.15, 0.2) is 48.5 Å². The van der Waals surface area contributed by atoms with E-state index in [-0.39, 0.29) is 17.4 Å². The summed E-state index contributed by atoms with van der Waals surface area (Å²) in [6.45, 7) is 4.46. The first kappa shape index (κ1) is 17.9. The van der Waals surface area contributed by atoms with E-state index in [1.54, 1.807) is 36.1 Å². The van der Waals surface area contributed by atoms with Gasteiger partial charge in [-0.25, -0.2) is 9.18 Å². The van der Waals surface area contributed by atoms with Gasteiger partial charge < -0.3 is 14.5 Å². The van der Waals surface area contributed by atoms with Crippen molar-refractivity contribution in [3.8, 4) is 0 Å². The molecule has 2 aromatic carbocycles. The third-order valence-corrected chi connectivity index (χ3v) is 4.41. The average Bonchev–Trinajstić information content (AvgIpc) is 2.68. The van der Waals surface area contributed by atoms with E-state index in [1.807, 2.05) is 12.1 Å². The lowest BCUT2D eigenvalue weighted by molar-refractivity contribution is 0.0526. The Balaban J connectivity index is 1.61. The normalized spacial score (nSPS) is 14.2. The van der Waals surface area contributed by atoms with E-state index in [0.29, 0.717) is 38.3 Å². The minimum absolute atomic E-state index is 0.111. The molecule has 0 radical (unpaired) electrons. The first-order chi connectivity index (χ1) is 12.6.